The van der Waals surface area contributed by atoms with Gasteiger partial charge < -0.3 is 10.3 Å². The van der Waals surface area contributed by atoms with E-state index in [0.29, 0.717) is 20.8 Å². The van der Waals surface area contributed by atoms with Crippen LogP contribution in [0.1, 0.15) is 5.56 Å². The maximum atomic E-state index is 12.2. The van der Waals surface area contributed by atoms with Crippen LogP contribution < -0.4 is 5.32 Å². The summed E-state index contributed by atoms with van der Waals surface area (Å²) >= 11 is 17.9. The molecule has 0 spiro atoms. The van der Waals surface area contributed by atoms with Crippen LogP contribution in [0.2, 0.25) is 15.1 Å². The molecule has 3 rings (SSSR count). The van der Waals surface area contributed by atoms with Crippen molar-refractivity contribution >= 4 is 57.3 Å². The lowest BCUT2D eigenvalue weighted by Gasteiger charge is -2.07. The fourth-order valence-electron chi connectivity index (χ4n) is 2.27. The average Bonchev–Trinajstić information content (AvgIpc) is 2.86. The number of aromatic amines is 1. The van der Waals surface area contributed by atoms with Crippen LogP contribution in [0.4, 0.5) is 5.69 Å². The number of benzene rings is 2. The van der Waals surface area contributed by atoms with E-state index in [-0.39, 0.29) is 12.3 Å². The molecule has 2 N–H and O–H groups in total. The molecule has 0 aliphatic heterocycles. The number of hydrogen-bond acceptors (Lipinski definition) is 1. The van der Waals surface area contributed by atoms with E-state index in [0.717, 1.165) is 16.5 Å². The highest BCUT2D eigenvalue weighted by Gasteiger charge is 2.12. The summed E-state index contributed by atoms with van der Waals surface area (Å²) in [6.07, 6.45) is 2.03. The maximum Gasteiger partial charge on any atom is 0.228 e. The van der Waals surface area contributed by atoms with Crippen molar-refractivity contribution in [2.45, 2.75) is 6.42 Å². The van der Waals surface area contributed by atoms with E-state index in [1.54, 1.807) is 30.5 Å². The molecule has 0 saturated carbocycles. The zero-order valence-electron chi connectivity index (χ0n) is 11.3. The number of carbonyl (C=O) groups excluding carboxylic acids is 1. The van der Waals surface area contributed by atoms with Gasteiger partial charge in [0.05, 0.1) is 22.2 Å². The fraction of sp³-hybridized carbons (Fsp3) is 0.0625. The lowest BCUT2D eigenvalue weighted by molar-refractivity contribution is -0.115. The molecule has 0 fully saturated rings. The number of anilines is 1. The third-order valence-electron chi connectivity index (χ3n) is 3.31. The Morgan fingerprint density at radius 3 is 2.77 bits per heavy atom. The molecule has 0 unspecified atom stereocenters. The molecule has 0 radical (unpaired) electrons. The molecule has 6 heteroatoms. The number of carbonyl (C=O) groups is 1. The summed E-state index contributed by atoms with van der Waals surface area (Å²) in [6, 6.07) is 10.6. The van der Waals surface area contributed by atoms with Gasteiger partial charge in [0.1, 0.15) is 0 Å². The van der Waals surface area contributed by atoms with Gasteiger partial charge in [0.25, 0.3) is 0 Å². The second-order valence-electron chi connectivity index (χ2n) is 4.83. The van der Waals surface area contributed by atoms with E-state index in [1.165, 1.54) is 0 Å². The van der Waals surface area contributed by atoms with Gasteiger partial charge in [-0.3, -0.25) is 4.79 Å². The zero-order chi connectivity index (χ0) is 15.7. The van der Waals surface area contributed by atoms with Crippen LogP contribution in [0.15, 0.2) is 42.6 Å². The van der Waals surface area contributed by atoms with Gasteiger partial charge in [-0.2, -0.15) is 0 Å². The Balaban J connectivity index is 1.80. The highest BCUT2D eigenvalue weighted by Crippen LogP contribution is 2.30. The Bertz CT molecular complexity index is 858. The molecule has 22 heavy (non-hydrogen) atoms. The second kappa shape index (κ2) is 6.21. The predicted octanol–water partition coefficient (Wildman–Crippen LogP) is 5.31. The Morgan fingerprint density at radius 1 is 1.14 bits per heavy atom. The summed E-state index contributed by atoms with van der Waals surface area (Å²) < 4.78 is 0. The largest absolute Gasteiger partial charge is 0.361 e. The SMILES string of the molecule is O=C(Cc1c[nH]c2cc(Cl)ccc12)Nc1cccc(Cl)c1Cl. The standard InChI is InChI=1S/C16H11Cl3N2O/c17-10-4-5-11-9(8-20-14(11)7-10)6-15(22)21-13-3-1-2-12(18)16(13)19/h1-5,7-8,20H,6H2,(H,21,22). The van der Waals surface area contributed by atoms with E-state index >= 15 is 0 Å². The monoisotopic (exact) mass is 352 g/mol. The number of hydrogen-bond donors (Lipinski definition) is 2. The molecular formula is C16H11Cl3N2O. The zero-order valence-corrected chi connectivity index (χ0v) is 13.6. The molecule has 1 aromatic heterocycles. The summed E-state index contributed by atoms with van der Waals surface area (Å²) in [7, 11) is 0. The molecule has 0 aliphatic rings. The van der Waals surface area contributed by atoms with Crippen LogP contribution in [-0.4, -0.2) is 10.9 Å². The van der Waals surface area contributed by atoms with Crippen LogP contribution in [0.3, 0.4) is 0 Å². The van der Waals surface area contributed by atoms with Gasteiger partial charge >= 0.3 is 0 Å². The lowest BCUT2D eigenvalue weighted by Crippen LogP contribution is -2.14. The van der Waals surface area contributed by atoms with Crippen LogP contribution in [0.5, 0.6) is 0 Å². The van der Waals surface area contributed by atoms with Gasteiger partial charge in [0.2, 0.25) is 5.91 Å². The van der Waals surface area contributed by atoms with Crippen LogP contribution in [0, 0.1) is 0 Å². The highest BCUT2D eigenvalue weighted by atomic mass is 35.5. The van der Waals surface area contributed by atoms with Crippen molar-refractivity contribution in [1.82, 2.24) is 4.98 Å². The van der Waals surface area contributed by atoms with Gasteiger partial charge in [-0.1, -0.05) is 46.9 Å². The number of rotatable bonds is 3. The Labute approximate surface area is 142 Å². The fourth-order valence-corrected chi connectivity index (χ4v) is 2.79. The number of halogens is 3. The highest BCUT2D eigenvalue weighted by molar-refractivity contribution is 6.44. The summed E-state index contributed by atoms with van der Waals surface area (Å²) in [5.74, 6) is -0.167. The third-order valence-corrected chi connectivity index (χ3v) is 4.36. The van der Waals surface area contributed by atoms with E-state index < -0.39 is 0 Å². The smallest absolute Gasteiger partial charge is 0.228 e. The summed E-state index contributed by atoms with van der Waals surface area (Å²) in [6.45, 7) is 0. The number of H-pyrrole nitrogens is 1. The van der Waals surface area contributed by atoms with Crippen molar-refractivity contribution in [3.8, 4) is 0 Å². The van der Waals surface area contributed by atoms with Crippen LogP contribution >= 0.6 is 34.8 Å². The quantitative estimate of drug-likeness (QED) is 0.658. The Morgan fingerprint density at radius 2 is 1.95 bits per heavy atom. The first-order valence-electron chi connectivity index (χ1n) is 6.54. The number of aromatic nitrogens is 1. The number of amides is 1. The van der Waals surface area contributed by atoms with E-state index in [1.807, 2.05) is 12.1 Å². The minimum Gasteiger partial charge on any atom is -0.361 e. The molecular weight excluding hydrogens is 343 g/mol. The molecule has 0 aliphatic carbocycles. The molecule has 3 aromatic rings. The molecule has 112 valence electrons. The summed E-state index contributed by atoms with van der Waals surface area (Å²) in [5, 5.41) is 5.13. The van der Waals surface area contributed by atoms with Gasteiger partial charge in [-0.15, -0.1) is 0 Å². The number of nitrogens with one attached hydrogen (secondary N) is 2. The van der Waals surface area contributed by atoms with Crippen molar-refractivity contribution in [3.63, 3.8) is 0 Å². The van der Waals surface area contributed by atoms with E-state index in [4.69, 9.17) is 34.8 Å². The molecule has 0 bridgehead atoms. The van der Waals surface area contributed by atoms with Gasteiger partial charge in [-0.25, -0.2) is 0 Å². The molecule has 1 amide bonds. The van der Waals surface area contributed by atoms with Crippen molar-refractivity contribution in [2.75, 3.05) is 5.32 Å². The normalized spacial score (nSPS) is 10.9. The maximum absolute atomic E-state index is 12.2. The average molecular weight is 354 g/mol. The van der Waals surface area contributed by atoms with Crippen LogP contribution in [-0.2, 0) is 11.2 Å². The molecule has 3 nitrogen and oxygen atoms in total. The lowest BCUT2D eigenvalue weighted by atomic mass is 10.1. The second-order valence-corrected chi connectivity index (χ2v) is 6.05. The van der Waals surface area contributed by atoms with Gasteiger partial charge in [-0.05, 0) is 29.8 Å². The summed E-state index contributed by atoms with van der Waals surface area (Å²) in [4.78, 5) is 15.3. The van der Waals surface area contributed by atoms with E-state index in [2.05, 4.69) is 10.3 Å². The first-order chi connectivity index (χ1) is 10.5. The predicted molar refractivity (Wildman–Crippen MR) is 92.1 cm³/mol. The van der Waals surface area contributed by atoms with Crippen LogP contribution in [0.25, 0.3) is 10.9 Å². The first kappa shape index (κ1) is 15.2. The van der Waals surface area contributed by atoms with Gasteiger partial charge in [0.15, 0.2) is 0 Å². The Hall–Kier alpha value is -1.68. The van der Waals surface area contributed by atoms with Crippen molar-refractivity contribution < 1.29 is 4.79 Å². The molecule has 2 aromatic carbocycles. The first-order valence-corrected chi connectivity index (χ1v) is 7.67. The molecule has 1 heterocycles. The molecule has 0 saturated heterocycles. The molecule has 0 atom stereocenters. The Kier molecular flexibility index (Phi) is 4.30. The number of fused-ring (bicyclic) bond motifs is 1. The van der Waals surface area contributed by atoms with E-state index in [9.17, 15) is 4.79 Å². The van der Waals surface area contributed by atoms with Crippen molar-refractivity contribution in [3.05, 3.63) is 63.2 Å². The van der Waals surface area contributed by atoms with Crippen molar-refractivity contribution in [2.24, 2.45) is 0 Å². The minimum absolute atomic E-state index is 0.167. The van der Waals surface area contributed by atoms with Crippen molar-refractivity contribution in [1.29, 1.82) is 0 Å². The summed E-state index contributed by atoms with van der Waals surface area (Å²) in [5.41, 5.74) is 2.29. The van der Waals surface area contributed by atoms with Gasteiger partial charge in [0, 0.05) is 22.1 Å². The topological polar surface area (TPSA) is 44.9 Å². The third kappa shape index (κ3) is 3.07. The minimum atomic E-state index is -0.167.